The fourth-order valence-corrected chi connectivity index (χ4v) is 5.82. The van der Waals surface area contributed by atoms with E-state index < -0.39 is 0 Å². The van der Waals surface area contributed by atoms with Crippen LogP contribution in [0.2, 0.25) is 5.02 Å². The molecule has 196 valence electrons. The summed E-state index contributed by atoms with van der Waals surface area (Å²) in [5, 5.41) is 8.50. The maximum Gasteiger partial charge on any atom is 0.170 e. The van der Waals surface area contributed by atoms with Gasteiger partial charge in [0.05, 0.1) is 30.6 Å². The molecule has 3 heterocycles. The molecule has 4 aromatic rings. The first-order chi connectivity index (χ1) is 18.5. The summed E-state index contributed by atoms with van der Waals surface area (Å²) in [7, 11) is 1.68. The highest BCUT2D eigenvalue weighted by molar-refractivity contribution is 7.80. The van der Waals surface area contributed by atoms with E-state index in [0.717, 1.165) is 58.8 Å². The summed E-state index contributed by atoms with van der Waals surface area (Å²) in [6.45, 7) is 5.92. The van der Waals surface area contributed by atoms with Gasteiger partial charge in [0.25, 0.3) is 0 Å². The van der Waals surface area contributed by atoms with Gasteiger partial charge >= 0.3 is 0 Å². The molecule has 1 saturated heterocycles. The standard InChI is InChI=1S/C30H32ClN5OS/c1-20-18-24(21(2)36(20)26-19-22(31)13-14-27(26)37-3)29-28(25-12-7-8-15-33-25)34-30(38)35(29)17-9-16-32-23-10-5-4-6-11-23/h4-8,10-15,18-19,28-29,32H,9,16-17H2,1-3H3,(H,34,38)/t28-,29+/m0/s1. The van der Waals surface area contributed by atoms with Gasteiger partial charge in [0.1, 0.15) is 5.75 Å². The highest BCUT2D eigenvalue weighted by atomic mass is 35.5. The molecule has 0 radical (unpaired) electrons. The van der Waals surface area contributed by atoms with E-state index >= 15 is 0 Å². The lowest BCUT2D eigenvalue weighted by molar-refractivity contribution is 0.315. The third-order valence-electron chi connectivity index (χ3n) is 7.05. The summed E-state index contributed by atoms with van der Waals surface area (Å²) >= 11 is 12.3. The van der Waals surface area contributed by atoms with Gasteiger partial charge in [-0.1, -0.05) is 35.9 Å². The minimum absolute atomic E-state index is 0.0146. The van der Waals surface area contributed by atoms with E-state index in [1.165, 1.54) is 5.56 Å². The monoisotopic (exact) mass is 545 g/mol. The molecular formula is C30H32ClN5OS. The van der Waals surface area contributed by atoms with Crippen LogP contribution >= 0.6 is 23.8 Å². The Balaban J connectivity index is 1.49. The zero-order valence-corrected chi connectivity index (χ0v) is 23.4. The molecule has 6 nitrogen and oxygen atoms in total. The van der Waals surface area contributed by atoms with Crippen LogP contribution in [0.15, 0.2) is 79.0 Å². The average molecular weight is 546 g/mol. The van der Waals surface area contributed by atoms with Crippen LogP contribution in [0.1, 0.15) is 41.1 Å². The molecule has 38 heavy (non-hydrogen) atoms. The number of benzene rings is 2. The number of rotatable bonds is 9. The van der Waals surface area contributed by atoms with Crippen molar-refractivity contribution in [2.45, 2.75) is 32.4 Å². The molecule has 2 N–H and O–H groups in total. The lowest BCUT2D eigenvalue weighted by Crippen LogP contribution is -2.31. The molecule has 0 amide bonds. The number of pyridine rings is 1. The SMILES string of the molecule is COc1ccc(Cl)cc1-n1c(C)cc([C@@H]2[C@H](c3ccccn3)NC(=S)N2CCCNc2ccccc2)c1C. The predicted octanol–water partition coefficient (Wildman–Crippen LogP) is 6.63. The van der Waals surface area contributed by atoms with Crippen LogP contribution in [0.5, 0.6) is 5.75 Å². The Hall–Kier alpha value is -3.55. The predicted molar refractivity (Wildman–Crippen MR) is 159 cm³/mol. The van der Waals surface area contributed by atoms with E-state index in [1.807, 2.05) is 54.7 Å². The van der Waals surface area contributed by atoms with Crippen molar-refractivity contribution in [2.24, 2.45) is 0 Å². The van der Waals surface area contributed by atoms with E-state index in [4.69, 9.17) is 33.5 Å². The zero-order chi connectivity index (χ0) is 26.6. The maximum absolute atomic E-state index is 6.40. The first-order valence-corrected chi connectivity index (χ1v) is 13.6. The summed E-state index contributed by atoms with van der Waals surface area (Å²) in [6.07, 6.45) is 2.77. The molecule has 1 aliphatic heterocycles. The van der Waals surface area contributed by atoms with Gasteiger partial charge in [0.2, 0.25) is 0 Å². The quantitative estimate of drug-likeness (QED) is 0.182. The highest BCUT2D eigenvalue weighted by Gasteiger charge is 2.41. The van der Waals surface area contributed by atoms with Gasteiger partial charge < -0.3 is 24.8 Å². The Bertz CT molecular complexity index is 1410. The van der Waals surface area contributed by atoms with Crippen molar-refractivity contribution in [2.75, 3.05) is 25.5 Å². The van der Waals surface area contributed by atoms with Crippen LogP contribution < -0.4 is 15.4 Å². The summed E-state index contributed by atoms with van der Waals surface area (Å²) in [4.78, 5) is 7.00. The molecule has 1 aliphatic rings. The topological polar surface area (TPSA) is 54.4 Å². The lowest BCUT2D eigenvalue weighted by Gasteiger charge is -2.28. The number of nitrogens with one attached hydrogen (secondary N) is 2. The van der Waals surface area contributed by atoms with Crippen molar-refractivity contribution in [3.8, 4) is 11.4 Å². The van der Waals surface area contributed by atoms with Gasteiger partial charge in [-0.2, -0.15) is 0 Å². The van der Waals surface area contributed by atoms with Crippen LogP contribution in [0, 0.1) is 13.8 Å². The van der Waals surface area contributed by atoms with Gasteiger partial charge in [-0.15, -0.1) is 0 Å². The summed E-state index contributed by atoms with van der Waals surface area (Å²) in [6, 6.07) is 24.2. The van der Waals surface area contributed by atoms with Crippen molar-refractivity contribution in [3.05, 3.63) is 107 Å². The van der Waals surface area contributed by atoms with Crippen molar-refractivity contribution in [1.82, 2.24) is 19.8 Å². The molecule has 0 saturated carbocycles. The second-order valence-corrected chi connectivity index (χ2v) is 10.3. The Labute approximate surface area is 234 Å². The highest BCUT2D eigenvalue weighted by Crippen LogP contribution is 2.42. The van der Waals surface area contributed by atoms with Crippen molar-refractivity contribution in [3.63, 3.8) is 0 Å². The van der Waals surface area contributed by atoms with Crippen LogP contribution in [-0.4, -0.2) is 39.8 Å². The minimum Gasteiger partial charge on any atom is -0.495 e. The third-order valence-corrected chi connectivity index (χ3v) is 7.63. The van der Waals surface area contributed by atoms with Crippen molar-refractivity contribution >= 4 is 34.6 Å². The van der Waals surface area contributed by atoms with Crippen molar-refractivity contribution < 1.29 is 4.74 Å². The Morgan fingerprint density at radius 1 is 1.05 bits per heavy atom. The summed E-state index contributed by atoms with van der Waals surface area (Å²) in [5.74, 6) is 0.771. The van der Waals surface area contributed by atoms with Crippen LogP contribution in [0.3, 0.4) is 0 Å². The summed E-state index contributed by atoms with van der Waals surface area (Å²) < 4.78 is 7.90. The van der Waals surface area contributed by atoms with E-state index in [-0.39, 0.29) is 12.1 Å². The number of aromatic nitrogens is 2. The normalized spacial score (nSPS) is 16.9. The van der Waals surface area contributed by atoms with E-state index in [0.29, 0.717) is 5.02 Å². The Kier molecular flexibility index (Phi) is 7.86. The lowest BCUT2D eigenvalue weighted by atomic mass is 9.96. The van der Waals surface area contributed by atoms with Crippen LogP contribution in [0.4, 0.5) is 5.69 Å². The number of hydrogen-bond acceptors (Lipinski definition) is 4. The zero-order valence-electron chi connectivity index (χ0n) is 21.8. The molecule has 5 rings (SSSR count). The van der Waals surface area contributed by atoms with Crippen molar-refractivity contribution in [1.29, 1.82) is 0 Å². The molecule has 8 heteroatoms. The smallest absolute Gasteiger partial charge is 0.170 e. The molecule has 0 spiro atoms. The van der Waals surface area contributed by atoms with Gasteiger partial charge in [-0.3, -0.25) is 4.98 Å². The number of anilines is 1. The third kappa shape index (κ3) is 5.22. The second-order valence-electron chi connectivity index (χ2n) is 9.44. The largest absolute Gasteiger partial charge is 0.495 e. The number of para-hydroxylation sites is 1. The van der Waals surface area contributed by atoms with E-state index in [1.54, 1.807) is 7.11 Å². The van der Waals surface area contributed by atoms with Crippen LogP contribution in [-0.2, 0) is 0 Å². The number of methoxy groups -OCH3 is 1. The number of aryl methyl sites for hydroxylation is 1. The average Bonchev–Trinajstić information content (AvgIpc) is 3.41. The summed E-state index contributed by atoms with van der Waals surface area (Å²) in [5.41, 5.74) is 6.42. The Morgan fingerprint density at radius 3 is 2.58 bits per heavy atom. The minimum atomic E-state index is -0.0685. The number of ether oxygens (including phenoxy) is 1. The fourth-order valence-electron chi connectivity index (χ4n) is 5.32. The fraction of sp³-hybridized carbons (Fsp3) is 0.267. The molecule has 1 fully saturated rings. The van der Waals surface area contributed by atoms with Crippen LogP contribution in [0.25, 0.3) is 5.69 Å². The number of halogens is 1. The molecule has 2 aromatic heterocycles. The maximum atomic E-state index is 6.40. The first kappa shape index (κ1) is 26.1. The molecule has 0 unspecified atom stereocenters. The molecular weight excluding hydrogens is 514 g/mol. The molecule has 2 atom stereocenters. The number of hydrogen-bond donors (Lipinski definition) is 2. The molecule has 2 aromatic carbocycles. The molecule has 0 aliphatic carbocycles. The Morgan fingerprint density at radius 2 is 1.84 bits per heavy atom. The van der Waals surface area contributed by atoms with Gasteiger partial charge in [-0.05, 0) is 86.6 Å². The number of nitrogens with zero attached hydrogens (tertiary/aromatic N) is 3. The molecule has 0 bridgehead atoms. The van der Waals surface area contributed by atoms with Gasteiger partial charge in [-0.25, -0.2) is 0 Å². The second kappa shape index (κ2) is 11.5. The van der Waals surface area contributed by atoms with E-state index in [2.05, 4.69) is 58.2 Å². The van der Waals surface area contributed by atoms with Gasteiger partial charge in [0.15, 0.2) is 5.11 Å². The number of thiocarbonyl (C=S) groups is 1. The van der Waals surface area contributed by atoms with E-state index in [9.17, 15) is 0 Å². The van der Waals surface area contributed by atoms with Gasteiger partial charge in [0, 0.05) is 41.4 Å². The first-order valence-electron chi connectivity index (χ1n) is 12.8.